The zero-order chi connectivity index (χ0) is 15.9. The van der Waals surface area contributed by atoms with Gasteiger partial charge in [-0.1, -0.05) is 0 Å². The van der Waals surface area contributed by atoms with Crippen LogP contribution in [0.25, 0.3) is 0 Å². The van der Waals surface area contributed by atoms with E-state index in [0.29, 0.717) is 32.5 Å². The van der Waals surface area contributed by atoms with E-state index in [9.17, 15) is 9.18 Å². The van der Waals surface area contributed by atoms with Crippen molar-refractivity contribution >= 4 is 17.7 Å². The Hall–Kier alpha value is -1.14. The molecule has 4 rings (SSSR count). The average molecular weight is 336 g/mol. The summed E-state index contributed by atoms with van der Waals surface area (Å²) in [6, 6.07) is 3.92. The predicted octanol–water partition coefficient (Wildman–Crippen LogP) is 2.58. The summed E-state index contributed by atoms with van der Waals surface area (Å²) >= 11 is 1.88. The van der Waals surface area contributed by atoms with Gasteiger partial charge in [0.05, 0.1) is 17.5 Å². The molecule has 0 radical (unpaired) electrons. The molecular formula is C17H21FN2O2S. The maximum absolute atomic E-state index is 14.2. The molecule has 0 aromatic carbocycles. The number of alkyl halides is 1. The smallest absolute Gasteiger partial charge is 0.260 e. The van der Waals surface area contributed by atoms with Crippen LogP contribution in [0.5, 0.6) is 0 Å². The molecule has 1 aromatic rings. The third kappa shape index (κ3) is 2.87. The molecule has 2 saturated heterocycles. The second kappa shape index (κ2) is 5.74. The molecule has 3 aliphatic rings. The van der Waals surface area contributed by atoms with Gasteiger partial charge >= 0.3 is 0 Å². The van der Waals surface area contributed by atoms with Crippen LogP contribution in [0, 0.1) is 0 Å². The molecule has 1 spiro atoms. The van der Waals surface area contributed by atoms with E-state index < -0.39 is 5.67 Å². The lowest BCUT2D eigenvalue weighted by molar-refractivity contribution is -0.155. The third-order valence-corrected chi connectivity index (χ3v) is 6.76. The summed E-state index contributed by atoms with van der Waals surface area (Å²) in [4.78, 5) is 17.9. The lowest BCUT2D eigenvalue weighted by Gasteiger charge is -2.50. The number of carbonyl (C=O) groups excluding carboxylic acids is 1. The van der Waals surface area contributed by atoms with E-state index in [-0.39, 0.29) is 16.8 Å². The molecule has 2 aliphatic heterocycles. The van der Waals surface area contributed by atoms with E-state index >= 15 is 0 Å². The van der Waals surface area contributed by atoms with E-state index in [0.717, 1.165) is 24.2 Å². The molecule has 0 N–H and O–H groups in total. The van der Waals surface area contributed by atoms with Gasteiger partial charge in [-0.25, -0.2) is 4.39 Å². The van der Waals surface area contributed by atoms with Crippen molar-refractivity contribution in [2.75, 3.05) is 18.8 Å². The van der Waals surface area contributed by atoms with Crippen LogP contribution in [-0.4, -0.2) is 51.2 Å². The van der Waals surface area contributed by atoms with Crippen molar-refractivity contribution in [1.82, 2.24) is 9.88 Å². The highest BCUT2D eigenvalue weighted by Crippen LogP contribution is 2.48. The molecule has 6 heteroatoms. The van der Waals surface area contributed by atoms with Gasteiger partial charge in [-0.05, 0) is 43.4 Å². The van der Waals surface area contributed by atoms with E-state index in [1.165, 1.54) is 0 Å². The minimum Gasteiger partial charge on any atom is -0.373 e. The van der Waals surface area contributed by atoms with Crippen LogP contribution in [0.15, 0.2) is 24.5 Å². The van der Waals surface area contributed by atoms with Crippen molar-refractivity contribution in [2.45, 2.75) is 48.8 Å². The molecule has 3 heterocycles. The Bertz CT molecular complexity index is 588. The number of hydrogen-bond donors (Lipinski definition) is 0. The highest BCUT2D eigenvalue weighted by atomic mass is 32.2. The maximum Gasteiger partial charge on any atom is 0.260 e. The normalized spacial score (nSPS) is 27.5. The largest absolute Gasteiger partial charge is 0.373 e. The van der Waals surface area contributed by atoms with Crippen LogP contribution in [0.4, 0.5) is 4.39 Å². The molecule has 124 valence electrons. The SMILES string of the molecule is O=C(N1CC2(C[C@@H](OCc3ccncc3)CS2)C1)C1(F)CCC1. The molecule has 0 unspecified atom stereocenters. The molecule has 1 aromatic heterocycles. The van der Waals surface area contributed by atoms with Crippen LogP contribution < -0.4 is 0 Å². The predicted molar refractivity (Wildman–Crippen MR) is 86.9 cm³/mol. The van der Waals surface area contributed by atoms with E-state index in [1.54, 1.807) is 17.3 Å². The summed E-state index contributed by atoms with van der Waals surface area (Å²) in [6.07, 6.45) is 6.35. The van der Waals surface area contributed by atoms with Crippen LogP contribution in [0.3, 0.4) is 0 Å². The third-order valence-electron chi connectivity index (χ3n) is 5.18. The fraction of sp³-hybridized carbons (Fsp3) is 0.647. The number of amides is 1. The van der Waals surface area contributed by atoms with Crippen molar-refractivity contribution in [3.63, 3.8) is 0 Å². The van der Waals surface area contributed by atoms with Crippen LogP contribution in [0.2, 0.25) is 0 Å². The fourth-order valence-electron chi connectivity index (χ4n) is 3.60. The highest BCUT2D eigenvalue weighted by molar-refractivity contribution is 8.01. The Morgan fingerprint density at radius 3 is 2.78 bits per heavy atom. The number of pyridine rings is 1. The molecule has 1 aliphatic carbocycles. The minimum absolute atomic E-state index is 0.0959. The van der Waals surface area contributed by atoms with Crippen molar-refractivity contribution in [3.8, 4) is 0 Å². The number of carbonyl (C=O) groups is 1. The number of thioether (sulfide) groups is 1. The highest BCUT2D eigenvalue weighted by Gasteiger charge is 2.56. The Morgan fingerprint density at radius 1 is 1.39 bits per heavy atom. The number of nitrogens with zero attached hydrogens (tertiary/aromatic N) is 2. The van der Waals surface area contributed by atoms with E-state index in [2.05, 4.69) is 4.98 Å². The first-order chi connectivity index (χ1) is 11.1. The first-order valence-corrected chi connectivity index (χ1v) is 9.20. The number of halogens is 1. The molecule has 1 saturated carbocycles. The lowest BCUT2D eigenvalue weighted by atomic mass is 9.79. The average Bonchev–Trinajstić information content (AvgIpc) is 2.94. The molecule has 1 atom stereocenters. The number of likely N-dealkylation sites (tertiary alicyclic amines) is 1. The van der Waals surface area contributed by atoms with Gasteiger partial charge < -0.3 is 9.64 Å². The summed E-state index contributed by atoms with van der Waals surface area (Å²) in [6.45, 7) is 1.95. The van der Waals surface area contributed by atoms with Crippen molar-refractivity contribution < 1.29 is 13.9 Å². The summed E-state index contributed by atoms with van der Waals surface area (Å²) in [7, 11) is 0. The summed E-state index contributed by atoms with van der Waals surface area (Å²) in [5, 5.41) is 0. The quantitative estimate of drug-likeness (QED) is 0.847. The molecule has 23 heavy (non-hydrogen) atoms. The second-order valence-corrected chi connectivity index (χ2v) is 8.45. The summed E-state index contributed by atoms with van der Waals surface area (Å²) in [5.41, 5.74) is -0.428. The number of hydrogen-bond acceptors (Lipinski definition) is 4. The van der Waals surface area contributed by atoms with E-state index in [4.69, 9.17) is 4.74 Å². The summed E-state index contributed by atoms with van der Waals surface area (Å²) < 4.78 is 20.3. The molecule has 0 bridgehead atoms. The molecule has 4 nitrogen and oxygen atoms in total. The Labute approximate surface area is 139 Å². The topological polar surface area (TPSA) is 42.4 Å². The van der Waals surface area contributed by atoms with Gasteiger partial charge in [0.2, 0.25) is 0 Å². The van der Waals surface area contributed by atoms with Gasteiger partial charge in [0.25, 0.3) is 5.91 Å². The van der Waals surface area contributed by atoms with Crippen molar-refractivity contribution in [2.24, 2.45) is 0 Å². The lowest BCUT2D eigenvalue weighted by Crippen LogP contribution is -2.65. The Balaban J connectivity index is 1.26. The zero-order valence-corrected chi connectivity index (χ0v) is 13.9. The Kier molecular flexibility index (Phi) is 3.84. The fourth-order valence-corrected chi connectivity index (χ4v) is 5.15. The van der Waals surface area contributed by atoms with Crippen LogP contribution >= 0.6 is 11.8 Å². The standard InChI is InChI=1S/C17H21FN2O2S/c18-17(4-1-5-17)15(21)20-11-16(12-20)8-14(10-23-16)22-9-13-2-6-19-7-3-13/h2-3,6-7,14H,1,4-5,8-12H2/t14-/m1/s1. The first kappa shape index (κ1) is 15.4. The van der Waals surface area contributed by atoms with Gasteiger partial charge in [-0.15, -0.1) is 11.8 Å². The number of aromatic nitrogens is 1. The van der Waals surface area contributed by atoms with Crippen LogP contribution in [-0.2, 0) is 16.1 Å². The first-order valence-electron chi connectivity index (χ1n) is 8.21. The monoisotopic (exact) mass is 336 g/mol. The molecule has 3 fully saturated rings. The Morgan fingerprint density at radius 2 is 2.13 bits per heavy atom. The molecular weight excluding hydrogens is 315 g/mol. The van der Waals surface area contributed by atoms with Gasteiger partial charge in [-0.2, -0.15) is 0 Å². The van der Waals surface area contributed by atoms with Gasteiger partial charge in [0.1, 0.15) is 0 Å². The van der Waals surface area contributed by atoms with Crippen molar-refractivity contribution in [1.29, 1.82) is 0 Å². The van der Waals surface area contributed by atoms with Gasteiger partial charge in [0.15, 0.2) is 5.67 Å². The van der Waals surface area contributed by atoms with Crippen molar-refractivity contribution in [3.05, 3.63) is 30.1 Å². The maximum atomic E-state index is 14.2. The van der Waals surface area contributed by atoms with Gasteiger partial charge in [0, 0.05) is 31.2 Å². The second-order valence-electron chi connectivity index (χ2n) is 6.97. The number of rotatable bonds is 4. The molecule has 1 amide bonds. The minimum atomic E-state index is -1.55. The van der Waals surface area contributed by atoms with Crippen LogP contribution in [0.1, 0.15) is 31.2 Å². The number of ether oxygens (including phenoxy) is 1. The zero-order valence-electron chi connectivity index (χ0n) is 13.0. The van der Waals surface area contributed by atoms with Gasteiger partial charge in [-0.3, -0.25) is 9.78 Å². The summed E-state index contributed by atoms with van der Waals surface area (Å²) in [5.74, 6) is 0.671. The van der Waals surface area contributed by atoms with E-state index in [1.807, 2.05) is 23.9 Å².